The number of hydrogen-bond donors (Lipinski definition) is 2. The minimum Gasteiger partial charge on any atom is -0.357 e. The summed E-state index contributed by atoms with van der Waals surface area (Å²) in [5.74, 6) is 1.74. The molecule has 0 amide bonds. The normalized spacial score (nSPS) is 11.9. The Kier molecular flexibility index (Phi) is 10.5. The van der Waals surface area contributed by atoms with Crippen molar-refractivity contribution in [1.82, 2.24) is 25.4 Å². The van der Waals surface area contributed by atoms with Crippen LogP contribution < -0.4 is 10.6 Å². The summed E-state index contributed by atoms with van der Waals surface area (Å²) in [6.45, 7) is 11.1. The number of benzene rings is 1. The van der Waals surface area contributed by atoms with Crippen molar-refractivity contribution in [3.05, 3.63) is 46.0 Å². The third-order valence-electron chi connectivity index (χ3n) is 4.27. The van der Waals surface area contributed by atoms with Crippen LogP contribution in [0.1, 0.15) is 39.1 Å². The number of aryl methyl sites for hydroxylation is 1. The lowest BCUT2D eigenvalue weighted by Crippen LogP contribution is -2.40. The number of rotatable bonds is 8. The molecule has 1 aromatic heterocycles. The molecule has 1 aromatic carbocycles. The van der Waals surface area contributed by atoms with Gasteiger partial charge in [-0.25, -0.2) is 0 Å². The Balaban J connectivity index is 0.00000392. The van der Waals surface area contributed by atoms with Crippen LogP contribution >= 0.6 is 47.2 Å². The predicted molar refractivity (Wildman–Crippen MR) is 128 cm³/mol. The molecule has 2 aromatic rings. The molecule has 0 saturated carbocycles. The molecule has 0 fully saturated rings. The lowest BCUT2D eigenvalue weighted by molar-refractivity contribution is 0.536. The molecule has 0 atom stereocenters. The van der Waals surface area contributed by atoms with E-state index in [2.05, 4.69) is 41.6 Å². The Labute approximate surface area is 194 Å². The van der Waals surface area contributed by atoms with Crippen LogP contribution in [0.4, 0.5) is 0 Å². The zero-order valence-corrected chi connectivity index (χ0v) is 20.6. The Hall–Kier alpha value is -1.06. The first kappa shape index (κ1) is 25.0. The van der Waals surface area contributed by atoms with E-state index in [1.807, 2.05) is 29.7 Å². The van der Waals surface area contributed by atoms with Crippen molar-refractivity contribution in [3.63, 3.8) is 0 Å². The van der Waals surface area contributed by atoms with Crippen LogP contribution in [-0.2, 0) is 18.4 Å². The maximum atomic E-state index is 6.38. The Bertz CT molecular complexity index is 755. The predicted octanol–water partition coefficient (Wildman–Crippen LogP) is 4.30. The Morgan fingerprint density at radius 3 is 2.46 bits per heavy atom. The molecule has 0 aliphatic rings. The second-order valence-corrected chi connectivity index (χ2v) is 7.71. The maximum absolute atomic E-state index is 6.38. The molecule has 2 N–H and O–H groups in total. The number of aliphatic imine (C=N–C) groups is 1. The largest absolute Gasteiger partial charge is 0.357 e. The number of guanidine groups is 1. The second-order valence-electron chi connectivity index (χ2n) is 6.90. The standard InChI is InChI=1S/C19H28Cl2N6.HI/c1-5-16-26-25-13-27(16)11-10-23-18(22-6-2)24-12-19(3,4)17-14(20)8-7-9-15(17)21;/h7-9,13H,5-6,10-12H2,1-4H3,(H2,22,23,24);1H. The third-order valence-corrected chi connectivity index (χ3v) is 4.90. The molecule has 0 radical (unpaired) electrons. The van der Waals surface area contributed by atoms with E-state index >= 15 is 0 Å². The van der Waals surface area contributed by atoms with Crippen LogP contribution in [0.3, 0.4) is 0 Å². The monoisotopic (exact) mass is 538 g/mol. The lowest BCUT2D eigenvalue weighted by atomic mass is 9.84. The molecular formula is C19H29Cl2IN6. The van der Waals surface area contributed by atoms with Crippen molar-refractivity contribution in [2.75, 3.05) is 19.6 Å². The number of aromatic nitrogens is 3. The van der Waals surface area contributed by atoms with Crippen molar-refractivity contribution in [1.29, 1.82) is 0 Å². The zero-order valence-electron chi connectivity index (χ0n) is 16.8. The van der Waals surface area contributed by atoms with Crippen LogP contribution in [0.15, 0.2) is 29.5 Å². The minimum absolute atomic E-state index is 0. The highest BCUT2D eigenvalue weighted by atomic mass is 127. The van der Waals surface area contributed by atoms with Crippen LogP contribution in [0.5, 0.6) is 0 Å². The van der Waals surface area contributed by atoms with Gasteiger partial charge in [0, 0.05) is 41.5 Å². The van der Waals surface area contributed by atoms with Crippen molar-refractivity contribution in [3.8, 4) is 0 Å². The molecule has 0 spiro atoms. The van der Waals surface area contributed by atoms with Gasteiger partial charge in [-0.1, -0.05) is 50.0 Å². The quantitative estimate of drug-likeness (QED) is 0.299. The molecule has 0 unspecified atom stereocenters. The SMILES string of the molecule is CCNC(=NCC(C)(C)c1c(Cl)cccc1Cl)NCCn1cnnc1CC.I. The number of halogens is 3. The van der Waals surface area contributed by atoms with Crippen LogP contribution in [0.25, 0.3) is 0 Å². The molecule has 0 saturated heterocycles. The lowest BCUT2D eigenvalue weighted by Gasteiger charge is -2.26. The average molecular weight is 539 g/mol. The first-order valence-electron chi connectivity index (χ1n) is 9.22. The molecule has 0 bridgehead atoms. The van der Waals surface area contributed by atoms with Crippen molar-refractivity contribution < 1.29 is 0 Å². The fraction of sp³-hybridized carbons (Fsp3) is 0.526. The first-order chi connectivity index (χ1) is 12.9. The second kappa shape index (κ2) is 11.8. The maximum Gasteiger partial charge on any atom is 0.191 e. The summed E-state index contributed by atoms with van der Waals surface area (Å²) < 4.78 is 2.05. The fourth-order valence-electron chi connectivity index (χ4n) is 2.88. The van der Waals surface area contributed by atoms with Gasteiger partial charge < -0.3 is 15.2 Å². The summed E-state index contributed by atoms with van der Waals surface area (Å²) >= 11 is 12.8. The Morgan fingerprint density at radius 2 is 1.86 bits per heavy atom. The van der Waals surface area contributed by atoms with E-state index in [1.54, 1.807) is 6.33 Å². The zero-order chi connectivity index (χ0) is 19.9. The molecule has 2 rings (SSSR count). The van der Waals surface area contributed by atoms with Gasteiger partial charge in [0.25, 0.3) is 0 Å². The number of nitrogens with zero attached hydrogens (tertiary/aromatic N) is 4. The molecule has 0 aliphatic heterocycles. The van der Waals surface area contributed by atoms with Gasteiger partial charge in [-0.05, 0) is 24.6 Å². The highest BCUT2D eigenvalue weighted by molar-refractivity contribution is 14.0. The molecule has 1 heterocycles. The summed E-state index contributed by atoms with van der Waals surface area (Å²) in [5, 5.41) is 16.0. The van der Waals surface area contributed by atoms with Gasteiger partial charge in [0.2, 0.25) is 0 Å². The molecule has 9 heteroatoms. The van der Waals surface area contributed by atoms with Crippen molar-refractivity contribution in [2.24, 2.45) is 4.99 Å². The summed E-state index contributed by atoms with van der Waals surface area (Å²) in [6.07, 6.45) is 2.62. The molecule has 6 nitrogen and oxygen atoms in total. The van der Waals surface area contributed by atoms with Gasteiger partial charge in [-0.3, -0.25) is 4.99 Å². The molecule has 0 aliphatic carbocycles. The van der Waals surface area contributed by atoms with E-state index in [0.29, 0.717) is 16.6 Å². The number of hydrogen-bond acceptors (Lipinski definition) is 3. The van der Waals surface area contributed by atoms with Gasteiger partial charge in [-0.2, -0.15) is 0 Å². The third kappa shape index (κ3) is 6.77. The summed E-state index contributed by atoms with van der Waals surface area (Å²) in [6, 6.07) is 5.58. The smallest absolute Gasteiger partial charge is 0.191 e. The van der Waals surface area contributed by atoms with Crippen molar-refractivity contribution >= 4 is 53.1 Å². The van der Waals surface area contributed by atoms with Crippen LogP contribution in [0, 0.1) is 0 Å². The van der Waals surface area contributed by atoms with E-state index in [1.165, 1.54) is 0 Å². The molecule has 28 heavy (non-hydrogen) atoms. The first-order valence-corrected chi connectivity index (χ1v) is 9.98. The topological polar surface area (TPSA) is 67.1 Å². The van der Waals surface area contributed by atoms with Gasteiger partial charge >= 0.3 is 0 Å². The van der Waals surface area contributed by atoms with E-state index in [0.717, 1.165) is 43.4 Å². The molecule has 156 valence electrons. The summed E-state index contributed by atoms with van der Waals surface area (Å²) in [7, 11) is 0. The van der Waals surface area contributed by atoms with Gasteiger partial charge in [0.1, 0.15) is 12.2 Å². The number of nitrogens with one attached hydrogen (secondary N) is 2. The highest BCUT2D eigenvalue weighted by Crippen LogP contribution is 2.35. The summed E-state index contributed by atoms with van der Waals surface area (Å²) in [4.78, 5) is 4.74. The van der Waals surface area contributed by atoms with E-state index < -0.39 is 0 Å². The highest BCUT2D eigenvalue weighted by Gasteiger charge is 2.26. The van der Waals surface area contributed by atoms with Gasteiger partial charge in [0.15, 0.2) is 5.96 Å². The van der Waals surface area contributed by atoms with E-state index in [-0.39, 0.29) is 29.4 Å². The fourth-order valence-corrected chi connectivity index (χ4v) is 3.79. The van der Waals surface area contributed by atoms with Gasteiger partial charge in [-0.15, -0.1) is 34.2 Å². The van der Waals surface area contributed by atoms with Gasteiger partial charge in [0.05, 0.1) is 6.54 Å². The van der Waals surface area contributed by atoms with Crippen molar-refractivity contribution in [2.45, 2.75) is 46.1 Å². The van der Waals surface area contributed by atoms with E-state index in [4.69, 9.17) is 28.2 Å². The summed E-state index contributed by atoms with van der Waals surface area (Å²) in [5.41, 5.74) is 0.631. The van der Waals surface area contributed by atoms with Crippen LogP contribution in [-0.4, -0.2) is 40.4 Å². The molecular weight excluding hydrogens is 510 g/mol. The van der Waals surface area contributed by atoms with E-state index in [9.17, 15) is 0 Å². The average Bonchev–Trinajstić information content (AvgIpc) is 3.07. The Morgan fingerprint density at radius 1 is 1.18 bits per heavy atom. The minimum atomic E-state index is -0.290. The van der Waals surface area contributed by atoms with Crippen LogP contribution in [0.2, 0.25) is 10.0 Å².